The van der Waals surface area contributed by atoms with Gasteiger partial charge in [-0.15, -0.1) is 0 Å². The average Bonchev–Trinajstić information content (AvgIpc) is 3.50. The van der Waals surface area contributed by atoms with Gasteiger partial charge in [0.05, 0.1) is 12.0 Å². The highest BCUT2D eigenvalue weighted by molar-refractivity contribution is 5.82. The van der Waals surface area contributed by atoms with Gasteiger partial charge in [-0.1, -0.05) is 95.1 Å². The Labute approximate surface area is 199 Å². The topological polar surface area (TPSA) is 85.2 Å². The van der Waals surface area contributed by atoms with Gasteiger partial charge < -0.3 is 15.2 Å². The highest BCUT2D eigenvalue weighted by Gasteiger charge is 2.33. The molecule has 2 heterocycles. The van der Waals surface area contributed by atoms with Gasteiger partial charge in [-0.3, -0.25) is 4.79 Å². The van der Waals surface area contributed by atoms with Crippen LogP contribution in [-0.2, 0) is 11.2 Å². The van der Waals surface area contributed by atoms with Crippen molar-refractivity contribution in [1.29, 1.82) is 0 Å². The van der Waals surface area contributed by atoms with E-state index < -0.39 is 6.04 Å². The van der Waals surface area contributed by atoms with Crippen molar-refractivity contribution in [3.63, 3.8) is 0 Å². The van der Waals surface area contributed by atoms with E-state index in [1.165, 1.54) is 56.9 Å². The van der Waals surface area contributed by atoms with Crippen molar-refractivity contribution in [1.82, 2.24) is 15.0 Å². The molecule has 0 aliphatic carbocycles. The highest BCUT2D eigenvalue weighted by atomic mass is 16.5. The van der Waals surface area contributed by atoms with E-state index in [4.69, 9.17) is 10.3 Å². The van der Waals surface area contributed by atoms with Crippen LogP contribution in [-0.4, -0.2) is 40.1 Å². The largest absolute Gasteiger partial charge is 0.341 e. The SMILES string of the molecule is CCCCCCCCCCc1ccc(-c2noc([C@@H]3CCN(C(=O)C(N)C(C)C)C3)n2)cc1. The van der Waals surface area contributed by atoms with Crippen molar-refractivity contribution < 1.29 is 9.32 Å². The van der Waals surface area contributed by atoms with E-state index in [9.17, 15) is 4.79 Å². The molecule has 1 saturated heterocycles. The van der Waals surface area contributed by atoms with Crippen LogP contribution in [0, 0.1) is 5.92 Å². The molecule has 0 spiro atoms. The second-order valence-corrected chi connectivity index (χ2v) is 9.92. The molecule has 0 bridgehead atoms. The number of nitrogens with two attached hydrogens (primary N) is 1. The lowest BCUT2D eigenvalue weighted by atomic mass is 10.0. The highest BCUT2D eigenvalue weighted by Crippen LogP contribution is 2.28. The van der Waals surface area contributed by atoms with Crippen molar-refractivity contribution in [3.8, 4) is 11.4 Å². The second kappa shape index (κ2) is 12.9. The molecule has 1 unspecified atom stereocenters. The fourth-order valence-electron chi connectivity index (χ4n) is 4.46. The van der Waals surface area contributed by atoms with E-state index in [1.807, 2.05) is 18.7 Å². The second-order valence-electron chi connectivity index (χ2n) is 9.92. The number of aryl methyl sites for hydroxylation is 1. The lowest BCUT2D eigenvalue weighted by Gasteiger charge is -2.22. The molecule has 2 aromatic rings. The summed E-state index contributed by atoms with van der Waals surface area (Å²) in [6.45, 7) is 7.50. The molecule has 0 radical (unpaired) electrons. The number of unbranched alkanes of at least 4 members (excludes halogenated alkanes) is 7. The van der Waals surface area contributed by atoms with Crippen LogP contribution in [0.1, 0.15) is 95.9 Å². The Morgan fingerprint density at radius 1 is 1.09 bits per heavy atom. The van der Waals surface area contributed by atoms with Crippen LogP contribution in [0.2, 0.25) is 0 Å². The molecule has 3 rings (SSSR count). The van der Waals surface area contributed by atoms with Crippen LogP contribution in [0.15, 0.2) is 28.8 Å². The molecule has 1 fully saturated rings. The van der Waals surface area contributed by atoms with Crippen LogP contribution in [0.3, 0.4) is 0 Å². The first kappa shape index (κ1) is 25.4. The first-order valence-corrected chi connectivity index (χ1v) is 13.0. The van der Waals surface area contributed by atoms with Crippen LogP contribution in [0.25, 0.3) is 11.4 Å². The van der Waals surface area contributed by atoms with Crippen molar-refractivity contribution in [2.45, 2.75) is 96.9 Å². The molecule has 6 nitrogen and oxygen atoms in total. The zero-order valence-electron chi connectivity index (χ0n) is 20.8. The summed E-state index contributed by atoms with van der Waals surface area (Å²) in [6, 6.07) is 8.07. The number of benzene rings is 1. The molecule has 1 aromatic heterocycles. The maximum absolute atomic E-state index is 12.5. The van der Waals surface area contributed by atoms with E-state index in [2.05, 4.69) is 41.3 Å². The van der Waals surface area contributed by atoms with Gasteiger partial charge in [0, 0.05) is 18.7 Å². The summed E-state index contributed by atoms with van der Waals surface area (Å²) in [6.07, 6.45) is 12.7. The minimum Gasteiger partial charge on any atom is -0.341 e. The van der Waals surface area contributed by atoms with E-state index in [-0.39, 0.29) is 17.7 Å². The van der Waals surface area contributed by atoms with E-state index in [0.717, 1.165) is 18.4 Å². The number of likely N-dealkylation sites (tertiary alicyclic amines) is 1. The summed E-state index contributed by atoms with van der Waals surface area (Å²) < 4.78 is 5.57. The van der Waals surface area contributed by atoms with Crippen LogP contribution in [0.4, 0.5) is 0 Å². The Morgan fingerprint density at radius 2 is 1.76 bits per heavy atom. The monoisotopic (exact) mass is 454 g/mol. The summed E-state index contributed by atoms with van der Waals surface area (Å²) in [5.74, 6) is 1.45. The van der Waals surface area contributed by atoms with Gasteiger partial charge in [0.25, 0.3) is 0 Å². The molecule has 0 saturated carbocycles. The van der Waals surface area contributed by atoms with Gasteiger partial charge in [-0.2, -0.15) is 4.98 Å². The molecular weight excluding hydrogens is 412 g/mol. The van der Waals surface area contributed by atoms with Crippen molar-refractivity contribution in [3.05, 3.63) is 35.7 Å². The van der Waals surface area contributed by atoms with Crippen molar-refractivity contribution in [2.24, 2.45) is 11.7 Å². The Hall–Kier alpha value is -2.21. The van der Waals surface area contributed by atoms with Crippen LogP contribution >= 0.6 is 0 Å². The number of carbonyl (C=O) groups excluding carboxylic acids is 1. The van der Waals surface area contributed by atoms with Gasteiger partial charge in [-0.05, 0) is 30.7 Å². The minimum atomic E-state index is -0.452. The smallest absolute Gasteiger partial charge is 0.239 e. The summed E-state index contributed by atoms with van der Waals surface area (Å²) in [4.78, 5) is 19.0. The molecule has 1 amide bonds. The van der Waals surface area contributed by atoms with Crippen molar-refractivity contribution in [2.75, 3.05) is 13.1 Å². The molecule has 1 aliphatic rings. The lowest BCUT2D eigenvalue weighted by molar-refractivity contribution is -0.132. The van der Waals surface area contributed by atoms with Gasteiger partial charge in [-0.25, -0.2) is 0 Å². The number of hydrogen-bond donors (Lipinski definition) is 1. The maximum atomic E-state index is 12.5. The molecule has 2 atom stereocenters. The standard InChI is InChI=1S/C27H42N4O2/c1-4-5-6-7-8-9-10-11-12-21-13-15-22(16-14-21)25-29-26(33-30-25)23-17-18-31(19-23)27(32)24(28)20(2)3/h13-16,20,23-24H,4-12,17-19,28H2,1-3H3/t23-,24?/m1/s1. The predicted octanol–water partition coefficient (Wildman–Crippen LogP) is 5.72. The Kier molecular flexibility index (Phi) is 9.92. The van der Waals surface area contributed by atoms with Gasteiger partial charge >= 0.3 is 0 Å². The quantitative estimate of drug-likeness (QED) is 0.391. The summed E-state index contributed by atoms with van der Waals surface area (Å²) in [5, 5.41) is 4.20. The first-order valence-electron chi connectivity index (χ1n) is 13.0. The average molecular weight is 455 g/mol. The number of nitrogens with zero attached hydrogens (tertiary/aromatic N) is 3. The molecule has 33 heavy (non-hydrogen) atoms. The third kappa shape index (κ3) is 7.39. The number of aromatic nitrogens is 2. The van der Waals surface area contributed by atoms with Gasteiger partial charge in [0.2, 0.25) is 17.6 Å². The number of amides is 1. The summed E-state index contributed by atoms with van der Waals surface area (Å²) >= 11 is 0. The fraction of sp³-hybridized carbons (Fsp3) is 0.667. The predicted molar refractivity (Wildman–Crippen MR) is 133 cm³/mol. The molecule has 182 valence electrons. The number of carbonyl (C=O) groups is 1. The molecule has 2 N–H and O–H groups in total. The summed E-state index contributed by atoms with van der Waals surface area (Å²) in [5.41, 5.74) is 8.37. The lowest BCUT2D eigenvalue weighted by Crippen LogP contribution is -2.45. The maximum Gasteiger partial charge on any atom is 0.239 e. The van der Waals surface area contributed by atoms with Crippen LogP contribution in [0.5, 0.6) is 0 Å². The fourth-order valence-corrected chi connectivity index (χ4v) is 4.46. The zero-order chi connectivity index (χ0) is 23.6. The first-order chi connectivity index (χ1) is 16.0. The zero-order valence-corrected chi connectivity index (χ0v) is 20.8. The van der Waals surface area contributed by atoms with E-state index in [0.29, 0.717) is 24.8 Å². The van der Waals surface area contributed by atoms with E-state index >= 15 is 0 Å². The molecular formula is C27H42N4O2. The van der Waals surface area contributed by atoms with Gasteiger partial charge in [0.1, 0.15) is 0 Å². The number of hydrogen-bond acceptors (Lipinski definition) is 5. The molecule has 1 aliphatic heterocycles. The van der Waals surface area contributed by atoms with Gasteiger partial charge in [0.15, 0.2) is 0 Å². The minimum absolute atomic E-state index is 0.0133. The Bertz CT molecular complexity index is 846. The third-order valence-corrected chi connectivity index (χ3v) is 6.83. The number of rotatable bonds is 13. The Morgan fingerprint density at radius 3 is 2.42 bits per heavy atom. The molecule has 6 heteroatoms. The van der Waals surface area contributed by atoms with Crippen molar-refractivity contribution >= 4 is 5.91 Å². The Balaban J connectivity index is 1.44. The van der Waals surface area contributed by atoms with E-state index in [1.54, 1.807) is 0 Å². The summed E-state index contributed by atoms with van der Waals surface area (Å²) in [7, 11) is 0. The van der Waals surface area contributed by atoms with Crippen LogP contribution < -0.4 is 5.73 Å². The normalized spacial score (nSPS) is 17.1. The molecule has 1 aromatic carbocycles. The third-order valence-electron chi connectivity index (χ3n) is 6.83.